The van der Waals surface area contributed by atoms with Gasteiger partial charge in [0, 0.05) is 56.0 Å². The van der Waals surface area contributed by atoms with Gasteiger partial charge in [0.15, 0.2) is 11.5 Å². The second-order valence-corrected chi connectivity index (χ2v) is 8.83. The third-order valence-corrected chi connectivity index (χ3v) is 6.50. The predicted octanol–water partition coefficient (Wildman–Crippen LogP) is 2.53. The minimum Gasteiger partial charge on any atom is -0.489 e. The molecule has 4 heterocycles. The number of H-pyrrole nitrogens is 1. The summed E-state index contributed by atoms with van der Waals surface area (Å²) in [6, 6.07) is 11.7. The summed E-state index contributed by atoms with van der Waals surface area (Å²) in [4.78, 5) is 26.5. The summed E-state index contributed by atoms with van der Waals surface area (Å²) in [5.41, 5.74) is 5.41. The van der Waals surface area contributed by atoms with E-state index in [0.29, 0.717) is 30.4 Å². The Morgan fingerprint density at radius 1 is 1.19 bits per heavy atom. The predicted molar refractivity (Wildman–Crippen MR) is 141 cm³/mol. The van der Waals surface area contributed by atoms with Gasteiger partial charge in [-0.05, 0) is 24.3 Å². The van der Waals surface area contributed by atoms with Crippen molar-refractivity contribution < 1.29 is 14.6 Å². The third-order valence-electron chi connectivity index (χ3n) is 6.50. The number of hydrogen-bond acceptors (Lipinski definition) is 8. The largest absolute Gasteiger partial charge is 0.489 e. The van der Waals surface area contributed by atoms with Crippen LogP contribution in [0.3, 0.4) is 0 Å². The van der Waals surface area contributed by atoms with Crippen LogP contribution in [0.25, 0.3) is 27.9 Å². The van der Waals surface area contributed by atoms with Gasteiger partial charge in [-0.3, -0.25) is 4.57 Å². The van der Waals surface area contributed by atoms with Crippen LogP contribution in [-0.4, -0.2) is 68.5 Å². The Bertz CT molecular complexity index is 1630. The number of aryl methyl sites for hydroxylation is 1. The van der Waals surface area contributed by atoms with Gasteiger partial charge in [0.1, 0.15) is 12.4 Å². The fraction of sp³-hybridized carbons (Fsp3) is 0.269. The van der Waals surface area contributed by atoms with Crippen molar-refractivity contribution in [2.75, 3.05) is 49.7 Å². The molecule has 0 bridgehead atoms. The molecule has 1 fully saturated rings. The Kier molecular flexibility index (Phi) is 5.99. The molecule has 11 nitrogen and oxygen atoms in total. The number of nitrogens with zero attached hydrogens (tertiary/aromatic N) is 5. The van der Waals surface area contributed by atoms with E-state index in [9.17, 15) is 9.90 Å². The van der Waals surface area contributed by atoms with Crippen molar-refractivity contribution in [1.82, 2.24) is 23.9 Å². The average molecular weight is 502 g/mol. The number of ether oxygens (including phenoxy) is 2. The SMILES string of the molecule is Cn1c(=O)[nH]c2cc(-c3cn4ccnc4c(Nc4ccc(N5CCOCC5)c(OCCO)c4)n3)ccc21. The molecule has 0 radical (unpaired) electrons. The summed E-state index contributed by atoms with van der Waals surface area (Å²) in [5, 5.41) is 12.7. The Hall–Kier alpha value is -4.35. The molecule has 0 atom stereocenters. The van der Waals surface area contributed by atoms with Crippen molar-refractivity contribution in [2.24, 2.45) is 7.05 Å². The Labute approximate surface area is 211 Å². The van der Waals surface area contributed by atoms with E-state index in [1.54, 1.807) is 17.8 Å². The molecular formula is C26H27N7O4. The quantitative estimate of drug-likeness (QED) is 0.311. The molecule has 0 unspecified atom stereocenters. The van der Waals surface area contributed by atoms with E-state index in [1.165, 1.54) is 0 Å². The van der Waals surface area contributed by atoms with Crippen LogP contribution < -0.4 is 20.6 Å². The molecule has 1 aliphatic heterocycles. The van der Waals surface area contributed by atoms with Gasteiger partial charge in [-0.2, -0.15) is 0 Å². The van der Waals surface area contributed by atoms with Crippen molar-refractivity contribution in [3.63, 3.8) is 0 Å². The normalized spacial score (nSPS) is 13.9. The van der Waals surface area contributed by atoms with Crippen LogP contribution in [-0.2, 0) is 11.8 Å². The van der Waals surface area contributed by atoms with Crippen LogP contribution in [0.2, 0.25) is 0 Å². The van der Waals surface area contributed by atoms with Crippen molar-refractivity contribution >= 4 is 33.9 Å². The highest BCUT2D eigenvalue weighted by atomic mass is 16.5. The molecule has 0 amide bonds. The fourth-order valence-corrected chi connectivity index (χ4v) is 4.62. The molecule has 37 heavy (non-hydrogen) atoms. The van der Waals surface area contributed by atoms with Crippen LogP contribution in [0.5, 0.6) is 5.75 Å². The molecular weight excluding hydrogens is 474 g/mol. The van der Waals surface area contributed by atoms with Crippen LogP contribution in [0.15, 0.2) is 59.8 Å². The molecule has 1 aliphatic rings. The molecule has 11 heteroatoms. The Morgan fingerprint density at radius 2 is 2.05 bits per heavy atom. The smallest absolute Gasteiger partial charge is 0.326 e. The standard InChI is InChI=1S/C26H27N7O4/c1-31-21-4-2-17(14-19(21)30-26(31)35)20-16-33-7-6-27-25(33)24(29-20)28-18-3-5-22(23(15-18)37-13-10-34)32-8-11-36-12-9-32/h2-7,14-16,34H,8-13H2,1H3,(H,28,29)(H,30,35). The minimum atomic E-state index is -0.160. The third kappa shape index (κ3) is 4.39. The highest BCUT2D eigenvalue weighted by molar-refractivity contribution is 5.82. The highest BCUT2D eigenvalue weighted by Gasteiger charge is 2.18. The van der Waals surface area contributed by atoms with Crippen LogP contribution in [0.1, 0.15) is 0 Å². The number of aromatic amines is 1. The van der Waals surface area contributed by atoms with Gasteiger partial charge in [-0.1, -0.05) is 6.07 Å². The highest BCUT2D eigenvalue weighted by Crippen LogP contribution is 2.34. The second kappa shape index (κ2) is 9.60. The number of rotatable bonds is 7. The summed E-state index contributed by atoms with van der Waals surface area (Å²) < 4.78 is 14.9. The van der Waals surface area contributed by atoms with Crippen molar-refractivity contribution in [1.29, 1.82) is 0 Å². The number of fused-ring (bicyclic) bond motifs is 2. The van der Waals surface area contributed by atoms with Gasteiger partial charge in [-0.25, -0.2) is 14.8 Å². The van der Waals surface area contributed by atoms with Gasteiger partial charge in [0.05, 0.1) is 42.2 Å². The van der Waals surface area contributed by atoms with Crippen LogP contribution >= 0.6 is 0 Å². The van der Waals surface area contributed by atoms with Crippen molar-refractivity contribution in [3.8, 4) is 17.0 Å². The van der Waals surface area contributed by atoms with Crippen molar-refractivity contribution in [2.45, 2.75) is 0 Å². The number of morpholine rings is 1. The lowest BCUT2D eigenvalue weighted by Gasteiger charge is -2.30. The molecule has 0 aliphatic carbocycles. The lowest BCUT2D eigenvalue weighted by atomic mass is 10.1. The molecule has 0 spiro atoms. The number of nitrogens with one attached hydrogen (secondary N) is 2. The number of aliphatic hydroxyl groups is 1. The van der Waals surface area contributed by atoms with Gasteiger partial charge in [0.25, 0.3) is 0 Å². The summed E-state index contributed by atoms with van der Waals surface area (Å²) in [5.74, 6) is 1.26. The maximum atomic E-state index is 12.0. The van der Waals surface area contributed by atoms with Gasteiger partial charge >= 0.3 is 5.69 Å². The lowest BCUT2D eigenvalue weighted by molar-refractivity contribution is 0.122. The molecule has 3 N–H and O–H groups in total. The van der Waals surface area contributed by atoms with E-state index in [4.69, 9.17) is 14.5 Å². The summed E-state index contributed by atoms with van der Waals surface area (Å²) in [6.45, 7) is 3.00. The monoisotopic (exact) mass is 501 g/mol. The van der Waals surface area contributed by atoms with E-state index in [2.05, 4.69) is 20.2 Å². The number of hydrogen-bond donors (Lipinski definition) is 3. The topological polar surface area (TPSA) is 122 Å². The van der Waals surface area contributed by atoms with Gasteiger partial charge in [0.2, 0.25) is 0 Å². The second-order valence-electron chi connectivity index (χ2n) is 8.83. The average Bonchev–Trinajstić information content (AvgIpc) is 3.52. The summed E-state index contributed by atoms with van der Waals surface area (Å²) in [7, 11) is 1.74. The maximum Gasteiger partial charge on any atom is 0.326 e. The number of aliphatic hydroxyl groups excluding tert-OH is 1. The van der Waals surface area contributed by atoms with Gasteiger partial charge < -0.3 is 34.2 Å². The maximum absolute atomic E-state index is 12.0. The van der Waals surface area contributed by atoms with Crippen LogP contribution in [0, 0.1) is 0 Å². The fourth-order valence-electron chi connectivity index (χ4n) is 4.62. The first-order chi connectivity index (χ1) is 18.1. The lowest BCUT2D eigenvalue weighted by Crippen LogP contribution is -2.36. The van der Waals surface area contributed by atoms with E-state index < -0.39 is 0 Å². The number of benzene rings is 2. The molecule has 3 aromatic heterocycles. The molecule has 190 valence electrons. The van der Waals surface area contributed by atoms with E-state index >= 15 is 0 Å². The Morgan fingerprint density at radius 3 is 2.89 bits per heavy atom. The number of aromatic nitrogens is 5. The first-order valence-electron chi connectivity index (χ1n) is 12.1. The molecule has 0 saturated carbocycles. The molecule has 2 aromatic carbocycles. The molecule has 6 rings (SSSR count). The molecule has 1 saturated heterocycles. The minimum absolute atomic E-state index is 0.0739. The van der Waals surface area contributed by atoms with E-state index in [1.807, 2.05) is 53.2 Å². The summed E-state index contributed by atoms with van der Waals surface area (Å²) >= 11 is 0. The van der Waals surface area contributed by atoms with Crippen LogP contribution in [0.4, 0.5) is 17.2 Å². The first kappa shape index (κ1) is 23.1. The zero-order valence-corrected chi connectivity index (χ0v) is 20.3. The number of imidazole rings is 2. The molecule has 5 aromatic rings. The first-order valence-corrected chi connectivity index (χ1v) is 12.1. The zero-order chi connectivity index (χ0) is 25.4. The Balaban J connectivity index is 1.37. The summed E-state index contributed by atoms with van der Waals surface area (Å²) in [6.07, 6.45) is 5.50. The van der Waals surface area contributed by atoms with E-state index in [0.717, 1.165) is 46.8 Å². The number of anilines is 3. The van der Waals surface area contributed by atoms with Crippen molar-refractivity contribution in [3.05, 3.63) is 65.5 Å². The van der Waals surface area contributed by atoms with Gasteiger partial charge in [-0.15, -0.1) is 0 Å². The van der Waals surface area contributed by atoms with E-state index in [-0.39, 0.29) is 18.9 Å². The zero-order valence-electron chi connectivity index (χ0n) is 20.3.